The lowest BCUT2D eigenvalue weighted by Gasteiger charge is -2.35. The number of hydrogen-bond acceptors (Lipinski definition) is 9. The number of nitrogens with two attached hydrogens (primary N) is 1. The van der Waals surface area contributed by atoms with Gasteiger partial charge in [0, 0.05) is 12.6 Å². The molecule has 1 aliphatic rings. The highest BCUT2D eigenvalue weighted by atomic mass is 16.5. The van der Waals surface area contributed by atoms with Crippen molar-refractivity contribution in [3.8, 4) is 11.8 Å². The van der Waals surface area contributed by atoms with Gasteiger partial charge in [0.05, 0.1) is 20.1 Å². The molecule has 0 spiro atoms. The number of carbonyl (C=O) groups is 1. The van der Waals surface area contributed by atoms with Crippen molar-refractivity contribution >= 4 is 23.0 Å². The highest BCUT2D eigenvalue weighted by Gasteiger charge is 2.28. The van der Waals surface area contributed by atoms with Crippen molar-refractivity contribution in [3.05, 3.63) is 40.3 Å². The first kappa shape index (κ1) is 27.4. The second-order valence-electron chi connectivity index (χ2n) is 9.76. The number of aromatic amines is 1. The van der Waals surface area contributed by atoms with E-state index in [0.717, 1.165) is 56.6 Å². The van der Waals surface area contributed by atoms with Gasteiger partial charge in [-0.05, 0) is 62.9 Å². The van der Waals surface area contributed by atoms with Crippen molar-refractivity contribution in [1.82, 2.24) is 24.4 Å². The van der Waals surface area contributed by atoms with Crippen molar-refractivity contribution in [2.24, 2.45) is 5.92 Å². The monoisotopic (exact) mass is 526 g/mol. The smallest absolute Gasteiger partial charge is 0.328 e. The Kier molecular flexibility index (Phi) is 9.22. The predicted octanol–water partition coefficient (Wildman–Crippen LogP) is 2.95. The lowest BCUT2D eigenvalue weighted by atomic mass is 9.90. The van der Waals surface area contributed by atoms with Crippen LogP contribution in [0, 0.1) is 5.92 Å². The van der Waals surface area contributed by atoms with Crippen LogP contribution in [0.5, 0.6) is 11.8 Å². The van der Waals surface area contributed by atoms with Gasteiger partial charge in [-0.2, -0.15) is 9.97 Å². The molecule has 2 aromatic heterocycles. The molecule has 0 aliphatic carbocycles. The molecular weight excluding hydrogens is 488 g/mol. The van der Waals surface area contributed by atoms with Gasteiger partial charge in [-0.1, -0.05) is 25.5 Å². The van der Waals surface area contributed by atoms with Gasteiger partial charge in [-0.3, -0.25) is 14.3 Å². The van der Waals surface area contributed by atoms with E-state index in [0.29, 0.717) is 30.3 Å². The van der Waals surface area contributed by atoms with Crippen LogP contribution in [0.4, 0.5) is 5.82 Å². The standard InChI is InChI=1S/C27H38N6O5/c1-4-5-14-38-26-30-24(28)23-25(31-26)33(27(35)29-23)18(2)20-9-11-32(12-10-20)13-15-37-21-8-6-7-19(16-21)17-22(34)36-3/h6-8,16,18,20H,4-5,9-15,17H2,1-3H3,(H,29,35)(H2,28,30,31). The van der Waals surface area contributed by atoms with Gasteiger partial charge < -0.3 is 24.9 Å². The number of nitrogens with zero attached hydrogens (tertiary/aromatic N) is 4. The normalized spacial score (nSPS) is 15.4. The van der Waals surface area contributed by atoms with E-state index in [1.54, 1.807) is 4.57 Å². The van der Waals surface area contributed by atoms with Crippen LogP contribution in [0.1, 0.15) is 51.1 Å². The Bertz CT molecular complexity index is 1280. The number of aromatic nitrogens is 4. The van der Waals surface area contributed by atoms with E-state index in [4.69, 9.17) is 19.9 Å². The summed E-state index contributed by atoms with van der Waals surface area (Å²) in [5.74, 6) is 1.01. The average Bonchev–Trinajstić information content (AvgIpc) is 3.25. The quantitative estimate of drug-likeness (QED) is 0.269. The molecule has 206 valence electrons. The maximum Gasteiger partial charge on any atom is 0.328 e. The third kappa shape index (κ3) is 6.63. The molecule has 38 heavy (non-hydrogen) atoms. The zero-order chi connectivity index (χ0) is 27.1. The molecule has 0 bridgehead atoms. The van der Waals surface area contributed by atoms with Crippen molar-refractivity contribution in [3.63, 3.8) is 0 Å². The molecule has 4 rings (SSSR count). The zero-order valence-corrected chi connectivity index (χ0v) is 22.4. The van der Waals surface area contributed by atoms with Crippen LogP contribution in [-0.4, -0.2) is 70.3 Å². The summed E-state index contributed by atoms with van der Waals surface area (Å²) in [4.78, 5) is 38.3. The predicted molar refractivity (Wildman–Crippen MR) is 144 cm³/mol. The van der Waals surface area contributed by atoms with Crippen LogP contribution in [-0.2, 0) is 16.0 Å². The number of nitrogens with one attached hydrogen (secondary N) is 1. The van der Waals surface area contributed by atoms with E-state index >= 15 is 0 Å². The number of methoxy groups -OCH3 is 1. The van der Waals surface area contributed by atoms with Crippen LogP contribution in [0.3, 0.4) is 0 Å². The van der Waals surface area contributed by atoms with Crippen LogP contribution in [0.15, 0.2) is 29.1 Å². The minimum absolute atomic E-state index is 0.0509. The molecule has 1 atom stereocenters. The Balaban J connectivity index is 1.32. The van der Waals surface area contributed by atoms with Crippen LogP contribution < -0.4 is 20.9 Å². The molecule has 0 radical (unpaired) electrons. The lowest BCUT2D eigenvalue weighted by Crippen LogP contribution is -2.39. The summed E-state index contributed by atoms with van der Waals surface area (Å²) in [7, 11) is 1.38. The SMILES string of the molecule is CCCCOc1nc(N)c2[nH]c(=O)n(C(C)C3CCN(CCOc4cccc(CC(=O)OC)c4)CC3)c2n1. The van der Waals surface area contributed by atoms with Crippen LogP contribution in [0.2, 0.25) is 0 Å². The highest BCUT2D eigenvalue weighted by molar-refractivity contribution is 5.82. The summed E-state index contributed by atoms with van der Waals surface area (Å²) in [6.07, 6.45) is 4.02. The van der Waals surface area contributed by atoms with Gasteiger partial charge in [0.15, 0.2) is 11.5 Å². The number of H-pyrrole nitrogens is 1. The van der Waals surface area contributed by atoms with Gasteiger partial charge in [0.2, 0.25) is 0 Å². The van der Waals surface area contributed by atoms with Crippen molar-refractivity contribution in [1.29, 1.82) is 0 Å². The van der Waals surface area contributed by atoms with E-state index in [-0.39, 0.29) is 36.0 Å². The third-order valence-electron chi connectivity index (χ3n) is 7.18. The number of benzene rings is 1. The Morgan fingerprint density at radius 1 is 1.21 bits per heavy atom. The molecule has 3 N–H and O–H groups in total. The van der Waals surface area contributed by atoms with Gasteiger partial charge in [0.25, 0.3) is 0 Å². The molecule has 0 amide bonds. The fraction of sp³-hybridized carbons (Fsp3) is 0.556. The van der Waals surface area contributed by atoms with E-state index in [9.17, 15) is 9.59 Å². The number of anilines is 1. The molecule has 1 aliphatic heterocycles. The molecule has 1 aromatic carbocycles. The number of likely N-dealkylation sites (tertiary alicyclic amines) is 1. The first-order valence-corrected chi connectivity index (χ1v) is 13.3. The molecule has 1 unspecified atom stereocenters. The third-order valence-corrected chi connectivity index (χ3v) is 7.18. The van der Waals surface area contributed by atoms with Crippen molar-refractivity contribution in [2.45, 2.75) is 52.0 Å². The maximum absolute atomic E-state index is 12.9. The second-order valence-corrected chi connectivity index (χ2v) is 9.76. The number of esters is 1. The fourth-order valence-electron chi connectivity index (χ4n) is 4.90. The van der Waals surface area contributed by atoms with Gasteiger partial charge in [-0.25, -0.2) is 4.79 Å². The van der Waals surface area contributed by atoms with Crippen LogP contribution in [0.25, 0.3) is 11.2 Å². The Hall–Kier alpha value is -3.60. The van der Waals surface area contributed by atoms with Gasteiger partial charge in [-0.15, -0.1) is 0 Å². The number of carbonyl (C=O) groups excluding carboxylic acids is 1. The zero-order valence-electron chi connectivity index (χ0n) is 22.4. The Morgan fingerprint density at radius 3 is 2.74 bits per heavy atom. The van der Waals surface area contributed by atoms with E-state index in [1.165, 1.54) is 7.11 Å². The minimum atomic E-state index is -0.272. The first-order valence-electron chi connectivity index (χ1n) is 13.3. The first-order chi connectivity index (χ1) is 18.4. The van der Waals surface area contributed by atoms with Gasteiger partial charge >= 0.3 is 17.7 Å². The lowest BCUT2D eigenvalue weighted by molar-refractivity contribution is -0.139. The Labute approximate surface area is 222 Å². The molecule has 1 fully saturated rings. The molecule has 3 aromatic rings. The van der Waals surface area contributed by atoms with Gasteiger partial charge in [0.1, 0.15) is 17.9 Å². The number of fused-ring (bicyclic) bond motifs is 1. The summed E-state index contributed by atoms with van der Waals surface area (Å²) in [6.45, 7) is 7.85. The number of nitrogen functional groups attached to an aromatic ring is 1. The average molecular weight is 527 g/mol. The number of rotatable bonds is 12. The topological polar surface area (TPSA) is 138 Å². The summed E-state index contributed by atoms with van der Waals surface area (Å²) in [5.41, 5.74) is 7.69. The summed E-state index contributed by atoms with van der Waals surface area (Å²) < 4.78 is 18.0. The summed E-state index contributed by atoms with van der Waals surface area (Å²) in [6, 6.07) is 7.69. The minimum Gasteiger partial charge on any atom is -0.492 e. The van der Waals surface area contributed by atoms with E-state index in [2.05, 4.69) is 33.7 Å². The summed E-state index contributed by atoms with van der Waals surface area (Å²) in [5, 5.41) is 0. The molecular formula is C27H38N6O5. The van der Waals surface area contributed by atoms with Crippen molar-refractivity contribution in [2.75, 3.05) is 45.7 Å². The maximum atomic E-state index is 12.9. The van der Waals surface area contributed by atoms with Crippen molar-refractivity contribution < 1.29 is 19.0 Å². The largest absolute Gasteiger partial charge is 0.492 e. The fourth-order valence-corrected chi connectivity index (χ4v) is 4.90. The molecule has 11 heteroatoms. The summed E-state index contributed by atoms with van der Waals surface area (Å²) >= 11 is 0. The number of piperidine rings is 1. The number of imidazole rings is 1. The molecule has 1 saturated heterocycles. The van der Waals surface area contributed by atoms with E-state index in [1.807, 2.05) is 24.3 Å². The van der Waals surface area contributed by atoms with E-state index < -0.39 is 0 Å². The Morgan fingerprint density at radius 2 is 2.00 bits per heavy atom. The molecule has 0 saturated carbocycles. The highest BCUT2D eigenvalue weighted by Crippen LogP contribution is 2.30. The number of unbranched alkanes of at least 4 members (excludes halogenated alkanes) is 1. The molecule has 11 nitrogen and oxygen atoms in total. The molecule has 3 heterocycles. The number of ether oxygens (including phenoxy) is 3. The van der Waals surface area contributed by atoms with Crippen LogP contribution >= 0.6 is 0 Å². The second kappa shape index (κ2) is 12.8. The number of hydrogen-bond donors (Lipinski definition) is 2.